The summed E-state index contributed by atoms with van der Waals surface area (Å²) in [5.74, 6) is -0.545. The molecule has 0 bridgehead atoms. The molecule has 40 heavy (non-hydrogen) atoms. The van der Waals surface area contributed by atoms with Crippen molar-refractivity contribution in [1.82, 2.24) is 30.2 Å². The fourth-order valence-corrected chi connectivity index (χ4v) is 7.09. The number of amides is 2. The van der Waals surface area contributed by atoms with E-state index >= 15 is 0 Å². The van der Waals surface area contributed by atoms with E-state index in [1.807, 2.05) is 0 Å². The summed E-state index contributed by atoms with van der Waals surface area (Å²) in [6.45, 7) is 9.33. The van der Waals surface area contributed by atoms with Gasteiger partial charge in [-0.15, -0.1) is 0 Å². The van der Waals surface area contributed by atoms with E-state index in [1.165, 1.54) is 0 Å². The number of piperazine rings is 2. The Balaban J connectivity index is 1.41. The van der Waals surface area contributed by atoms with Gasteiger partial charge in [0.25, 0.3) is 0 Å². The highest BCUT2D eigenvalue weighted by atomic mass is 32.2. The molecule has 0 aliphatic carbocycles. The van der Waals surface area contributed by atoms with E-state index in [1.54, 1.807) is 0 Å². The first-order valence-corrected chi connectivity index (χ1v) is 18.3. The standard InChI is InChI=1S/C26H52N6O6S2/c1-29-11-15-31(16-12-29)19-23-39(35,36)21-7-25(33)27-9-5-3-4-6-10-28-26(34)8-22-40(37,38)24-20-32-17-13-30(2)14-18-32/h3-24H2,1-2H3,(H,27,33)(H,28,34). The number of nitrogens with zero attached hydrogens (tertiary/aromatic N) is 4. The van der Waals surface area contributed by atoms with Gasteiger partial charge in [0.05, 0.1) is 23.0 Å². The second-order valence-corrected chi connectivity index (χ2v) is 15.8. The van der Waals surface area contributed by atoms with Gasteiger partial charge in [0.1, 0.15) is 0 Å². The van der Waals surface area contributed by atoms with E-state index in [0.29, 0.717) is 26.2 Å². The van der Waals surface area contributed by atoms with Crippen LogP contribution in [0.15, 0.2) is 0 Å². The van der Waals surface area contributed by atoms with E-state index in [2.05, 4.69) is 44.3 Å². The number of sulfone groups is 2. The van der Waals surface area contributed by atoms with Crippen LogP contribution >= 0.6 is 0 Å². The van der Waals surface area contributed by atoms with E-state index < -0.39 is 19.7 Å². The number of nitrogens with one attached hydrogen (secondary N) is 2. The van der Waals surface area contributed by atoms with Crippen LogP contribution in [-0.4, -0.2) is 164 Å². The smallest absolute Gasteiger partial charge is 0.221 e. The maximum atomic E-state index is 12.3. The molecule has 0 aromatic rings. The van der Waals surface area contributed by atoms with Gasteiger partial charge in [-0.1, -0.05) is 12.8 Å². The molecule has 0 unspecified atom stereocenters. The van der Waals surface area contributed by atoms with Gasteiger partial charge in [-0.3, -0.25) is 19.4 Å². The quantitative estimate of drug-likeness (QED) is 0.174. The molecular weight excluding hydrogens is 556 g/mol. The highest BCUT2D eigenvalue weighted by Crippen LogP contribution is 2.04. The van der Waals surface area contributed by atoms with Crippen molar-refractivity contribution in [2.45, 2.75) is 38.5 Å². The largest absolute Gasteiger partial charge is 0.356 e. The molecule has 0 radical (unpaired) electrons. The maximum absolute atomic E-state index is 12.3. The molecule has 2 N–H and O–H groups in total. The van der Waals surface area contributed by atoms with Gasteiger partial charge in [-0.2, -0.15) is 0 Å². The van der Waals surface area contributed by atoms with Crippen LogP contribution in [0, 0.1) is 0 Å². The Morgan fingerprint density at radius 2 is 0.900 bits per heavy atom. The minimum Gasteiger partial charge on any atom is -0.356 e. The molecule has 0 aromatic carbocycles. The van der Waals surface area contributed by atoms with Crippen molar-refractivity contribution >= 4 is 31.5 Å². The molecule has 2 amide bonds. The molecule has 0 spiro atoms. The Labute approximate surface area is 242 Å². The Bertz CT molecular complexity index is 884. The molecule has 2 aliphatic rings. The van der Waals surface area contributed by atoms with Crippen molar-refractivity contribution in [2.75, 3.05) is 116 Å². The molecule has 2 heterocycles. The van der Waals surface area contributed by atoms with Gasteiger partial charge in [0.2, 0.25) is 11.8 Å². The van der Waals surface area contributed by atoms with Crippen molar-refractivity contribution in [3.63, 3.8) is 0 Å². The van der Waals surface area contributed by atoms with Crippen LogP contribution in [0.5, 0.6) is 0 Å². The monoisotopic (exact) mass is 608 g/mol. The molecule has 2 saturated heterocycles. The molecule has 2 rings (SSSR count). The van der Waals surface area contributed by atoms with Crippen LogP contribution in [0.25, 0.3) is 0 Å². The van der Waals surface area contributed by atoms with Crippen molar-refractivity contribution in [2.24, 2.45) is 0 Å². The zero-order chi connectivity index (χ0) is 29.4. The highest BCUT2D eigenvalue weighted by Gasteiger charge is 2.20. The first-order chi connectivity index (χ1) is 18.9. The first-order valence-electron chi connectivity index (χ1n) is 14.7. The highest BCUT2D eigenvalue weighted by molar-refractivity contribution is 7.91. The zero-order valence-corrected chi connectivity index (χ0v) is 26.2. The molecule has 2 aliphatic heterocycles. The van der Waals surface area contributed by atoms with Gasteiger partial charge in [-0.05, 0) is 26.9 Å². The van der Waals surface area contributed by atoms with Crippen LogP contribution in [0.3, 0.4) is 0 Å². The predicted octanol–water partition coefficient (Wildman–Crippen LogP) is -1.12. The van der Waals surface area contributed by atoms with Crippen molar-refractivity contribution in [3.8, 4) is 0 Å². The number of rotatable bonds is 19. The van der Waals surface area contributed by atoms with Gasteiger partial charge in [-0.25, -0.2) is 16.8 Å². The molecule has 2 fully saturated rings. The van der Waals surface area contributed by atoms with E-state index in [9.17, 15) is 26.4 Å². The molecule has 0 aromatic heterocycles. The van der Waals surface area contributed by atoms with Crippen LogP contribution in [0.2, 0.25) is 0 Å². The number of carbonyl (C=O) groups excluding carboxylic acids is 2. The Morgan fingerprint density at radius 3 is 1.25 bits per heavy atom. The summed E-state index contributed by atoms with van der Waals surface area (Å²) >= 11 is 0. The summed E-state index contributed by atoms with van der Waals surface area (Å²) < 4.78 is 49.1. The third-order valence-electron chi connectivity index (χ3n) is 7.66. The lowest BCUT2D eigenvalue weighted by atomic mass is 10.2. The van der Waals surface area contributed by atoms with E-state index in [4.69, 9.17) is 0 Å². The maximum Gasteiger partial charge on any atom is 0.221 e. The summed E-state index contributed by atoms with van der Waals surface area (Å²) in [4.78, 5) is 32.8. The van der Waals surface area contributed by atoms with Crippen LogP contribution in [0.4, 0.5) is 0 Å². The van der Waals surface area contributed by atoms with Gasteiger partial charge in [0, 0.05) is 91.4 Å². The zero-order valence-electron chi connectivity index (χ0n) is 24.6. The van der Waals surface area contributed by atoms with E-state index in [-0.39, 0.29) is 47.7 Å². The van der Waals surface area contributed by atoms with Crippen LogP contribution in [-0.2, 0) is 29.3 Å². The minimum atomic E-state index is -3.25. The molecule has 234 valence electrons. The number of unbranched alkanes of at least 4 members (excludes halogenated alkanes) is 3. The van der Waals surface area contributed by atoms with Crippen molar-refractivity contribution in [1.29, 1.82) is 0 Å². The van der Waals surface area contributed by atoms with Gasteiger partial charge < -0.3 is 20.4 Å². The Morgan fingerprint density at radius 1 is 0.550 bits per heavy atom. The molecule has 12 nitrogen and oxygen atoms in total. The Hall–Kier alpha value is -1.32. The third-order valence-corrected chi connectivity index (χ3v) is 10.9. The molecule has 14 heteroatoms. The van der Waals surface area contributed by atoms with Gasteiger partial charge in [0.15, 0.2) is 19.7 Å². The lowest BCUT2D eigenvalue weighted by molar-refractivity contribution is -0.121. The third kappa shape index (κ3) is 16.2. The van der Waals surface area contributed by atoms with Crippen LogP contribution < -0.4 is 10.6 Å². The fourth-order valence-electron chi connectivity index (χ4n) is 4.62. The SMILES string of the molecule is CN1CCN(CCS(=O)(=O)CCC(=O)NCCCCCCNC(=O)CCS(=O)(=O)CCN2CCN(C)CC2)CC1. The molecule has 0 saturated carbocycles. The number of carbonyl (C=O) groups is 2. The second kappa shape index (κ2) is 18.3. The summed E-state index contributed by atoms with van der Waals surface area (Å²) in [6.07, 6.45) is 3.29. The number of hydrogen-bond acceptors (Lipinski definition) is 10. The van der Waals surface area contributed by atoms with Crippen LogP contribution in [0.1, 0.15) is 38.5 Å². The van der Waals surface area contributed by atoms with Crippen molar-refractivity contribution in [3.05, 3.63) is 0 Å². The average molecular weight is 609 g/mol. The average Bonchev–Trinajstić information content (AvgIpc) is 2.92. The van der Waals surface area contributed by atoms with E-state index in [0.717, 1.165) is 78.0 Å². The number of likely N-dealkylation sites (N-methyl/N-ethyl adjacent to an activating group) is 2. The lowest BCUT2D eigenvalue weighted by Gasteiger charge is -2.32. The number of hydrogen-bond donors (Lipinski definition) is 2. The summed E-state index contributed by atoms with van der Waals surface area (Å²) in [5, 5.41) is 5.58. The topological polar surface area (TPSA) is 139 Å². The summed E-state index contributed by atoms with van der Waals surface area (Å²) in [6, 6.07) is 0. The molecular formula is C26H52N6O6S2. The normalized spacial score (nSPS) is 18.6. The summed E-state index contributed by atoms with van der Waals surface area (Å²) in [7, 11) is -2.38. The molecule has 0 atom stereocenters. The first kappa shape index (κ1) is 34.9. The Kier molecular flexibility index (Phi) is 15.9. The predicted molar refractivity (Wildman–Crippen MR) is 159 cm³/mol. The lowest BCUT2D eigenvalue weighted by Crippen LogP contribution is -2.46. The second-order valence-electron chi connectivity index (χ2n) is 11.2. The van der Waals surface area contributed by atoms with Gasteiger partial charge >= 0.3 is 0 Å². The summed E-state index contributed by atoms with van der Waals surface area (Å²) in [5.41, 5.74) is 0. The van der Waals surface area contributed by atoms with Crippen molar-refractivity contribution < 1.29 is 26.4 Å². The minimum absolute atomic E-state index is 0.0112. The fraction of sp³-hybridized carbons (Fsp3) is 0.923.